The quantitative estimate of drug-likeness (QED) is 0.337. The summed E-state index contributed by atoms with van der Waals surface area (Å²) in [5, 5.41) is 8.61. The van der Waals surface area contributed by atoms with Gasteiger partial charge >= 0.3 is 0 Å². The molecular formula is C16H28O. The van der Waals surface area contributed by atoms with Gasteiger partial charge in [0.25, 0.3) is 0 Å². The van der Waals surface area contributed by atoms with Gasteiger partial charge in [-0.25, -0.2) is 0 Å². The van der Waals surface area contributed by atoms with Gasteiger partial charge in [0.05, 0.1) is 0 Å². The normalized spacial score (nSPS) is 10.5. The molecule has 0 aromatic rings. The molecule has 0 unspecified atom stereocenters. The Morgan fingerprint density at radius 3 is 2.29 bits per heavy atom. The Hall–Kier alpha value is -0.740. The molecule has 17 heavy (non-hydrogen) atoms. The third kappa shape index (κ3) is 15.3. The van der Waals surface area contributed by atoms with Gasteiger partial charge in [-0.1, -0.05) is 44.8 Å². The number of hydrogen-bond acceptors (Lipinski definition) is 1. The van der Waals surface area contributed by atoms with Crippen LogP contribution < -0.4 is 0 Å². The standard InChI is InChI=1S/C16H28O/c1-2-3-4-5-6-7-8-9-10-11-12-13-14-15-16-17/h5-6,17H,2-4,7-8,11-16H2,1H3/b6-5-. The summed E-state index contributed by atoms with van der Waals surface area (Å²) in [6.07, 6.45) is 15.9. The average Bonchev–Trinajstić information content (AvgIpc) is 2.35. The van der Waals surface area contributed by atoms with Gasteiger partial charge in [0.15, 0.2) is 0 Å². The molecular weight excluding hydrogens is 208 g/mol. The summed E-state index contributed by atoms with van der Waals surface area (Å²) in [5.41, 5.74) is 0. The van der Waals surface area contributed by atoms with E-state index in [2.05, 4.69) is 30.9 Å². The van der Waals surface area contributed by atoms with Crippen molar-refractivity contribution in [3.63, 3.8) is 0 Å². The zero-order valence-corrected chi connectivity index (χ0v) is 11.4. The van der Waals surface area contributed by atoms with Crippen LogP contribution in [0.4, 0.5) is 0 Å². The van der Waals surface area contributed by atoms with E-state index >= 15 is 0 Å². The number of unbranched alkanes of at least 4 members (excludes halogenated alkanes) is 7. The summed E-state index contributed by atoms with van der Waals surface area (Å²) in [6.45, 7) is 2.55. The highest BCUT2D eigenvalue weighted by atomic mass is 16.2. The highest BCUT2D eigenvalue weighted by Gasteiger charge is 1.86. The van der Waals surface area contributed by atoms with Crippen molar-refractivity contribution in [3.8, 4) is 11.8 Å². The molecule has 0 heterocycles. The summed E-state index contributed by atoms with van der Waals surface area (Å²) >= 11 is 0. The van der Waals surface area contributed by atoms with Crippen molar-refractivity contribution < 1.29 is 5.11 Å². The first-order valence-corrected chi connectivity index (χ1v) is 7.13. The van der Waals surface area contributed by atoms with Gasteiger partial charge in [0.1, 0.15) is 0 Å². The molecule has 0 rings (SSSR count). The van der Waals surface area contributed by atoms with Crippen LogP contribution >= 0.6 is 0 Å². The lowest BCUT2D eigenvalue weighted by molar-refractivity contribution is 0.282. The molecule has 0 aliphatic carbocycles. The highest BCUT2D eigenvalue weighted by Crippen LogP contribution is 2.01. The zero-order valence-electron chi connectivity index (χ0n) is 11.4. The van der Waals surface area contributed by atoms with Crippen LogP contribution in [-0.4, -0.2) is 11.7 Å². The summed E-state index contributed by atoms with van der Waals surface area (Å²) in [5.74, 6) is 6.43. The van der Waals surface area contributed by atoms with E-state index in [-0.39, 0.29) is 0 Å². The van der Waals surface area contributed by atoms with E-state index in [0.29, 0.717) is 6.61 Å². The Morgan fingerprint density at radius 1 is 0.824 bits per heavy atom. The van der Waals surface area contributed by atoms with Crippen molar-refractivity contribution in [2.45, 2.75) is 71.1 Å². The Kier molecular flexibility index (Phi) is 14.6. The van der Waals surface area contributed by atoms with Gasteiger partial charge in [-0.3, -0.25) is 0 Å². The molecule has 0 aliphatic rings. The molecule has 1 heteroatoms. The Morgan fingerprint density at radius 2 is 1.53 bits per heavy atom. The number of rotatable bonds is 10. The number of aliphatic hydroxyl groups excluding tert-OH is 1. The second-order valence-electron chi connectivity index (χ2n) is 4.39. The maximum atomic E-state index is 8.61. The molecule has 0 bridgehead atoms. The number of hydrogen-bond donors (Lipinski definition) is 1. The van der Waals surface area contributed by atoms with Gasteiger partial charge in [-0.15, -0.1) is 11.8 Å². The molecule has 1 nitrogen and oxygen atoms in total. The molecule has 98 valence electrons. The minimum atomic E-state index is 0.329. The highest BCUT2D eigenvalue weighted by molar-refractivity contribution is 5.00. The average molecular weight is 236 g/mol. The van der Waals surface area contributed by atoms with Gasteiger partial charge in [0, 0.05) is 19.4 Å². The smallest absolute Gasteiger partial charge is 0.0431 e. The lowest BCUT2D eigenvalue weighted by Crippen LogP contribution is -1.82. The fraction of sp³-hybridized carbons (Fsp3) is 0.750. The lowest BCUT2D eigenvalue weighted by Gasteiger charge is -1.94. The third-order valence-electron chi connectivity index (χ3n) is 2.66. The maximum absolute atomic E-state index is 8.61. The first-order chi connectivity index (χ1) is 8.41. The first kappa shape index (κ1) is 16.3. The topological polar surface area (TPSA) is 20.2 Å². The maximum Gasteiger partial charge on any atom is 0.0431 e. The number of allylic oxidation sites excluding steroid dienone is 2. The second kappa shape index (κ2) is 15.3. The van der Waals surface area contributed by atoms with Crippen LogP contribution in [0.2, 0.25) is 0 Å². The Labute approximate surface area is 107 Å². The molecule has 0 aromatic carbocycles. The van der Waals surface area contributed by atoms with E-state index in [1.54, 1.807) is 0 Å². The minimum absolute atomic E-state index is 0.329. The van der Waals surface area contributed by atoms with Crippen LogP contribution in [0.15, 0.2) is 12.2 Å². The predicted octanol–water partition coefficient (Wildman–Crippen LogP) is 4.46. The van der Waals surface area contributed by atoms with Crippen molar-refractivity contribution in [1.29, 1.82) is 0 Å². The molecule has 0 spiro atoms. The SMILES string of the molecule is CCCC/C=C\CCC#CCCCCCCO. The van der Waals surface area contributed by atoms with Crippen molar-refractivity contribution in [2.75, 3.05) is 6.61 Å². The Balaban J connectivity index is 3.17. The third-order valence-corrected chi connectivity index (χ3v) is 2.66. The van der Waals surface area contributed by atoms with Crippen molar-refractivity contribution >= 4 is 0 Å². The predicted molar refractivity (Wildman–Crippen MR) is 75.8 cm³/mol. The van der Waals surface area contributed by atoms with Crippen LogP contribution in [0.3, 0.4) is 0 Å². The van der Waals surface area contributed by atoms with Crippen LogP contribution in [0.25, 0.3) is 0 Å². The van der Waals surface area contributed by atoms with E-state index in [0.717, 1.165) is 32.1 Å². The summed E-state index contributed by atoms with van der Waals surface area (Å²) in [4.78, 5) is 0. The van der Waals surface area contributed by atoms with Crippen molar-refractivity contribution in [1.82, 2.24) is 0 Å². The lowest BCUT2D eigenvalue weighted by atomic mass is 10.1. The van der Waals surface area contributed by atoms with Gasteiger partial charge in [-0.05, 0) is 25.7 Å². The summed E-state index contributed by atoms with van der Waals surface area (Å²) in [7, 11) is 0. The number of aliphatic hydroxyl groups is 1. The molecule has 1 N–H and O–H groups in total. The molecule has 0 saturated heterocycles. The zero-order chi connectivity index (χ0) is 12.6. The van der Waals surface area contributed by atoms with Crippen LogP contribution in [0.1, 0.15) is 71.1 Å². The van der Waals surface area contributed by atoms with Crippen molar-refractivity contribution in [3.05, 3.63) is 12.2 Å². The van der Waals surface area contributed by atoms with E-state index in [4.69, 9.17) is 5.11 Å². The van der Waals surface area contributed by atoms with Gasteiger partial charge < -0.3 is 5.11 Å². The molecule has 0 fully saturated rings. The fourth-order valence-electron chi connectivity index (χ4n) is 1.57. The van der Waals surface area contributed by atoms with E-state index in [9.17, 15) is 0 Å². The molecule has 0 aliphatic heterocycles. The summed E-state index contributed by atoms with van der Waals surface area (Å²) < 4.78 is 0. The summed E-state index contributed by atoms with van der Waals surface area (Å²) in [6, 6.07) is 0. The fourth-order valence-corrected chi connectivity index (χ4v) is 1.57. The van der Waals surface area contributed by atoms with E-state index in [1.807, 2.05) is 0 Å². The van der Waals surface area contributed by atoms with Crippen LogP contribution in [-0.2, 0) is 0 Å². The Bertz CT molecular complexity index is 219. The monoisotopic (exact) mass is 236 g/mol. The molecule has 0 radical (unpaired) electrons. The minimum Gasteiger partial charge on any atom is -0.396 e. The molecule has 0 saturated carbocycles. The van der Waals surface area contributed by atoms with E-state index < -0.39 is 0 Å². The van der Waals surface area contributed by atoms with Crippen LogP contribution in [0.5, 0.6) is 0 Å². The largest absolute Gasteiger partial charge is 0.396 e. The molecule has 0 aromatic heterocycles. The van der Waals surface area contributed by atoms with Crippen molar-refractivity contribution in [2.24, 2.45) is 0 Å². The van der Waals surface area contributed by atoms with Crippen LogP contribution in [0, 0.1) is 11.8 Å². The molecule has 0 amide bonds. The van der Waals surface area contributed by atoms with E-state index in [1.165, 1.54) is 32.1 Å². The van der Waals surface area contributed by atoms with Gasteiger partial charge in [0.2, 0.25) is 0 Å². The molecule has 0 atom stereocenters. The first-order valence-electron chi connectivity index (χ1n) is 7.13. The second-order valence-corrected chi connectivity index (χ2v) is 4.39. The van der Waals surface area contributed by atoms with Gasteiger partial charge in [-0.2, -0.15) is 0 Å².